The molecule has 0 radical (unpaired) electrons. The highest BCUT2D eigenvalue weighted by Crippen LogP contribution is 2.43. The van der Waals surface area contributed by atoms with Crippen molar-refractivity contribution in [2.24, 2.45) is 5.41 Å². The monoisotopic (exact) mass is 354 g/mol. The lowest BCUT2D eigenvalue weighted by Gasteiger charge is -2.37. The molecular formula is C13H12BrFN4O2. The largest absolute Gasteiger partial charge is 0.481 e. The maximum atomic E-state index is 14.0. The van der Waals surface area contributed by atoms with Crippen LogP contribution in [-0.4, -0.2) is 31.3 Å². The average Bonchev–Trinajstić information content (AvgIpc) is 2.84. The average molecular weight is 355 g/mol. The van der Waals surface area contributed by atoms with Gasteiger partial charge in [0.1, 0.15) is 5.82 Å². The van der Waals surface area contributed by atoms with Crippen LogP contribution in [0.4, 0.5) is 4.39 Å². The zero-order valence-electron chi connectivity index (χ0n) is 11.0. The Morgan fingerprint density at radius 3 is 2.86 bits per heavy atom. The lowest BCUT2D eigenvalue weighted by atomic mass is 9.69. The van der Waals surface area contributed by atoms with Gasteiger partial charge >= 0.3 is 5.97 Å². The molecule has 3 rings (SSSR count). The van der Waals surface area contributed by atoms with Crippen molar-refractivity contribution >= 4 is 21.9 Å². The maximum absolute atomic E-state index is 14.0. The summed E-state index contributed by atoms with van der Waals surface area (Å²) in [6.45, 7) is 0.149. The minimum absolute atomic E-state index is 0.149. The van der Waals surface area contributed by atoms with Crippen molar-refractivity contribution < 1.29 is 14.3 Å². The molecule has 1 heterocycles. The molecule has 0 saturated heterocycles. The molecule has 1 aromatic heterocycles. The summed E-state index contributed by atoms with van der Waals surface area (Å²) in [4.78, 5) is 11.4. The van der Waals surface area contributed by atoms with Gasteiger partial charge in [0.15, 0.2) is 5.82 Å². The van der Waals surface area contributed by atoms with Crippen molar-refractivity contribution in [3.63, 3.8) is 0 Å². The summed E-state index contributed by atoms with van der Waals surface area (Å²) in [5.41, 5.74) is -0.596. The molecule has 0 unspecified atom stereocenters. The Balaban J connectivity index is 1.98. The van der Waals surface area contributed by atoms with Crippen LogP contribution in [0.3, 0.4) is 0 Å². The standard InChI is InChI=1S/C13H12BrFN4O2/c14-8-2-3-10(15)9(6-8)11-16-17-18-19(11)7-13(12(20)21)4-1-5-13/h2-3,6H,1,4-5,7H2,(H,20,21). The molecule has 0 bridgehead atoms. The Labute approximate surface area is 128 Å². The van der Waals surface area contributed by atoms with Crippen molar-refractivity contribution in [1.82, 2.24) is 20.2 Å². The van der Waals surface area contributed by atoms with E-state index in [0.717, 1.165) is 6.42 Å². The number of carboxylic acids is 1. The van der Waals surface area contributed by atoms with E-state index in [1.165, 1.54) is 10.7 Å². The molecule has 21 heavy (non-hydrogen) atoms. The van der Waals surface area contributed by atoms with Gasteiger partial charge < -0.3 is 5.11 Å². The number of carbonyl (C=O) groups is 1. The molecule has 8 heteroatoms. The molecule has 0 aliphatic heterocycles. The highest BCUT2D eigenvalue weighted by Gasteiger charge is 2.45. The fraction of sp³-hybridized carbons (Fsp3) is 0.385. The van der Waals surface area contributed by atoms with E-state index in [1.54, 1.807) is 12.1 Å². The van der Waals surface area contributed by atoms with Crippen LogP contribution < -0.4 is 0 Å². The van der Waals surface area contributed by atoms with Gasteiger partial charge in [-0.15, -0.1) is 5.10 Å². The lowest BCUT2D eigenvalue weighted by Crippen LogP contribution is -2.42. The second kappa shape index (κ2) is 5.18. The van der Waals surface area contributed by atoms with Crippen molar-refractivity contribution in [2.45, 2.75) is 25.8 Å². The van der Waals surface area contributed by atoms with E-state index in [0.29, 0.717) is 17.3 Å². The van der Waals surface area contributed by atoms with Crippen LogP contribution in [0, 0.1) is 11.2 Å². The predicted molar refractivity (Wildman–Crippen MR) is 74.8 cm³/mol. The van der Waals surface area contributed by atoms with E-state index in [9.17, 15) is 14.3 Å². The van der Waals surface area contributed by atoms with E-state index in [4.69, 9.17) is 0 Å². The molecule has 0 spiro atoms. The Morgan fingerprint density at radius 1 is 1.48 bits per heavy atom. The zero-order valence-corrected chi connectivity index (χ0v) is 12.5. The quantitative estimate of drug-likeness (QED) is 0.912. The van der Waals surface area contributed by atoms with Crippen LogP contribution in [-0.2, 0) is 11.3 Å². The number of nitrogens with zero attached hydrogens (tertiary/aromatic N) is 4. The second-order valence-electron chi connectivity index (χ2n) is 5.22. The van der Waals surface area contributed by atoms with Gasteiger partial charge in [-0.25, -0.2) is 9.07 Å². The van der Waals surface area contributed by atoms with Gasteiger partial charge in [-0.3, -0.25) is 4.79 Å². The Bertz CT molecular complexity index is 699. The van der Waals surface area contributed by atoms with E-state index >= 15 is 0 Å². The first-order chi connectivity index (χ1) is 10.0. The van der Waals surface area contributed by atoms with Crippen LogP contribution >= 0.6 is 15.9 Å². The number of aromatic nitrogens is 4. The highest BCUT2D eigenvalue weighted by atomic mass is 79.9. The number of benzene rings is 1. The second-order valence-corrected chi connectivity index (χ2v) is 6.14. The first kappa shape index (κ1) is 14.1. The summed E-state index contributed by atoms with van der Waals surface area (Å²) in [7, 11) is 0. The fourth-order valence-corrected chi connectivity index (χ4v) is 2.86. The molecule has 2 aromatic rings. The van der Waals surface area contributed by atoms with Crippen molar-refractivity contribution in [3.8, 4) is 11.4 Å². The Kier molecular flexibility index (Phi) is 3.48. The number of aliphatic carboxylic acids is 1. The number of halogens is 2. The molecule has 1 fully saturated rings. The summed E-state index contributed by atoms with van der Waals surface area (Å²) < 4.78 is 16.0. The highest BCUT2D eigenvalue weighted by molar-refractivity contribution is 9.10. The zero-order chi connectivity index (χ0) is 15.0. The maximum Gasteiger partial charge on any atom is 0.311 e. The molecule has 1 aliphatic rings. The molecule has 110 valence electrons. The van der Waals surface area contributed by atoms with Crippen molar-refractivity contribution in [3.05, 3.63) is 28.5 Å². The van der Waals surface area contributed by atoms with E-state index in [-0.39, 0.29) is 17.9 Å². The summed E-state index contributed by atoms with van der Waals surface area (Å²) in [5.74, 6) is -1.07. The molecule has 0 amide bonds. The van der Waals surface area contributed by atoms with Gasteiger partial charge in [0.25, 0.3) is 0 Å². The normalized spacial score (nSPS) is 16.5. The van der Waals surface area contributed by atoms with Gasteiger partial charge in [0.2, 0.25) is 0 Å². The minimum Gasteiger partial charge on any atom is -0.481 e. The lowest BCUT2D eigenvalue weighted by molar-refractivity contribution is -0.156. The third-order valence-corrected chi connectivity index (χ3v) is 4.41. The minimum atomic E-state index is -0.857. The number of hydrogen-bond donors (Lipinski definition) is 1. The Morgan fingerprint density at radius 2 is 2.24 bits per heavy atom. The summed E-state index contributed by atoms with van der Waals surface area (Å²) >= 11 is 3.28. The molecule has 0 atom stereocenters. The van der Waals surface area contributed by atoms with Crippen LogP contribution in [0.25, 0.3) is 11.4 Å². The molecular weight excluding hydrogens is 343 g/mol. The van der Waals surface area contributed by atoms with Crippen LogP contribution in [0.2, 0.25) is 0 Å². The van der Waals surface area contributed by atoms with Crippen LogP contribution in [0.1, 0.15) is 19.3 Å². The number of hydrogen-bond acceptors (Lipinski definition) is 4. The smallest absolute Gasteiger partial charge is 0.311 e. The van der Waals surface area contributed by atoms with Crippen LogP contribution in [0.15, 0.2) is 22.7 Å². The molecule has 1 saturated carbocycles. The van der Waals surface area contributed by atoms with Gasteiger partial charge in [0, 0.05) is 4.47 Å². The van der Waals surface area contributed by atoms with Crippen LogP contribution in [0.5, 0.6) is 0 Å². The first-order valence-corrected chi connectivity index (χ1v) is 7.26. The van der Waals surface area contributed by atoms with Gasteiger partial charge in [-0.05, 0) is 41.5 Å². The third kappa shape index (κ3) is 2.44. The van der Waals surface area contributed by atoms with Gasteiger partial charge in [-0.2, -0.15) is 0 Å². The van der Waals surface area contributed by atoms with E-state index in [2.05, 4.69) is 31.5 Å². The number of tetrazole rings is 1. The molecule has 1 aromatic carbocycles. The van der Waals surface area contributed by atoms with E-state index < -0.39 is 17.2 Å². The fourth-order valence-electron chi connectivity index (χ4n) is 2.50. The predicted octanol–water partition coefficient (Wildman–Crippen LogP) is 2.50. The SMILES string of the molecule is O=C(O)C1(Cn2nnnc2-c2cc(Br)ccc2F)CCC1. The molecule has 1 N–H and O–H groups in total. The number of rotatable bonds is 4. The third-order valence-electron chi connectivity index (χ3n) is 3.92. The topological polar surface area (TPSA) is 80.9 Å². The van der Waals surface area contributed by atoms with Crippen molar-refractivity contribution in [1.29, 1.82) is 0 Å². The summed E-state index contributed by atoms with van der Waals surface area (Å²) in [6, 6.07) is 4.47. The first-order valence-electron chi connectivity index (χ1n) is 6.47. The number of carboxylic acid groups (broad SMARTS) is 1. The summed E-state index contributed by atoms with van der Waals surface area (Å²) in [6.07, 6.45) is 2.04. The van der Waals surface area contributed by atoms with Crippen molar-refractivity contribution in [2.75, 3.05) is 0 Å². The summed E-state index contributed by atoms with van der Waals surface area (Å²) in [5, 5.41) is 20.6. The Hall–Kier alpha value is -1.83. The molecule has 6 nitrogen and oxygen atoms in total. The van der Waals surface area contributed by atoms with Gasteiger partial charge in [-0.1, -0.05) is 22.4 Å². The van der Waals surface area contributed by atoms with Gasteiger partial charge in [0.05, 0.1) is 17.5 Å². The van der Waals surface area contributed by atoms with E-state index in [1.807, 2.05) is 0 Å². The molecule has 1 aliphatic carbocycles.